The molecule has 0 atom stereocenters. The number of carbonyl (C=O) groups is 1. The summed E-state index contributed by atoms with van der Waals surface area (Å²) in [5.74, 6) is -0.380. The number of rotatable bonds is 5. The zero-order valence-electron chi connectivity index (χ0n) is 7.16. The van der Waals surface area contributed by atoms with Crippen LogP contribution in [-0.4, -0.2) is 25.2 Å². The first-order valence-electron chi connectivity index (χ1n) is 3.99. The first-order valence-corrected chi connectivity index (χ1v) is 3.99. The van der Waals surface area contributed by atoms with Crippen molar-refractivity contribution < 1.29 is 18.0 Å². The minimum Gasteiger partial charge on any atom is -0.356 e. The number of amides is 1. The summed E-state index contributed by atoms with van der Waals surface area (Å²) in [6, 6.07) is 0. The first kappa shape index (κ1) is 12.2. The van der Waals surface area contributed by atoms with Gasteiger partial charge >= 0.3 is 6.18 Å². The van der Waals surface area contributed by atoms with Crippen LogP contribution in [0.25, 0.3) is 0 Å². The average Bonchev–Trinajstić information content (AvgIpc) is 1.98. The van der Waals surface area contributed by atoms with E-state index in [1.165, 1.54) is 0 Å². The summed E-state index contributed by atoms with van der Waals surface area (Å²) in [7, 11) is 0. The van der Waals surface area contributed by atoms with Gasteiger partial charge in [0.2, 0.25) is 5.91 Å². The summed E-state index contributed by atoms with van der Waals surface area (Å²) >= 11 is 0. The molecule has 1 amide bonds. The molecule has 0 unspecified atom stereocenters. The number of nitrogens with two attached hydrogens (primary N) is 1. The Morgan fingerprint density at radius 3 is 2.46 bits per heavy atom. The fraction of sp³-hybridized carbons (Fsp3) is 0.857. The van der Waals surface area contributed by atoms with Crippen molar-refractivity contribution in [3.63, 3.8) is 0 Å². The lowest BCUT2D eigenvalue weighted by Crippen LogP contribution is -2.28. The Morgan fingerprint density at radius 1 is 1.38 bits per heavy atom. The maximum absolute atomic E-state index is 11.6. The minimum absolute atomic E-state index is 0.189. The predicted molar refractivity (Wildman–Crippen MR) is 42.0 cm³/mol. The van der Waals surface area contributed by atoms with Gasteiger partial charge in [0.1, 0.15) is 0 Å². The molecule has 0 bridgehead atoms. The average molecular weight is 198 g/mol. The van der Waals surface area contributed by atoms with Crippen LogP contribution in [0.1, 0.15) is 19.3 Å². The third kappa shape index (κ3) is 9.13. The Morgan fingerprint density at radius 2 is 2.00 bits per heavy atom. The minimum atomic E-state index is -4.21. The Balaban J connectivity index is 3.37. The molecule has 0 fully saturated rings. The molecule has 0 rings (SSSR count). The highest BCUT2D eigenvalue weighted by atomic mass is 19.4. The largest absolute Gasteiger partial charge is 0.390 e. The highest BCUT2D eigenvalue weighted by molar-refractivity contribution is 5.75. The van der Waals surface area contributed by atoms with E-state index < -0.39 is 12.6 Å². The molecule has 78 valence electrons. The molecule has 3 N–H and O–H groups in total. The van der Waals surface area contributed by atoms with Gasteiger partial charge < -0.3 is 11.1 Å². The lowest BCUT2D eigenvalue weighted by Gasteiger charge is -2.07. The second kappa shape index (κ2) is 5.80. The summed E-state index contributed by atoms with van der Waals surface area (Å²) in [5, 5.41) is 2.16. The van der Waals surface area contributed by atoms with Crippen LogP contribution in [0.15, 0.2) is 0 Å². The lowest BCUT2D eigenvalue weighted by atomic mass is 10.3. The normalized spacial score (nSPS) is 11.4. The van der Waals surface area contributed by atoms with Crippen LogP contribution >= 0.6 is 0 Å². The number of hydrogen-bond acceptors (Lipinski definition) is 2. The van der Waals surface area contributed by atoms with Crippen LogP contribution in [0, 0.1) is 0 Å². The topological polar surface area (TPSA) is 55.1 Å². The molecule has 0 heterocycles. The van der Waals surface area contributed by atoms with Crippen LogP contribution in [0.5, 0.6) is 0 Å². The van der Waals surface area contributed by atoms with Gasteiger partial charge in [-0.3, -0.25) is 4.79 Å². The summed E-state index contributed by atoms with van der Waals surface area (Å²) in [6.07, 6.45) is -4.51. The second-order valence-electron chi connectivity index (χ2n) is 2.61. The number of carbonyl (C=O) groups excluding carboxylic acids is 1. The van der Waals surface area contributed by atoms with Crippen LogP contribution < -0.4 is 11.1 Å². The van der Waals surface area contributed by atoms with E-state index in [4.69, 9.17) is 5.73 Å². The van der Waals surface area contributed by atoms with E-state index >= 15 is 0 Å². The van der Waals surface area contributed by atoms with Crippen molar-refractivity contribution in [2.45, 2.75) is 25.4 Å². The molecule has 6 heteroatoms. The molecule has 0 aromatic heterocycles. The van der Waals surface area contributed by atoms with E-state index in [0.29, 0.717) is 13.0 Å². The number of hydrogen-bond donors (Lipinski definition) is 2. The fourth-order valence-electron chi connectivity index (χ4n) is 0.695. The zero-order chi connectivity index (χ0) is 10.3. The molecule has 0 aliphatic heterocycles. The van der Waals surface area contributed by atoms with Gasteiger partial charge in [0, 0.05) is 13.0 Å². The van der Waals surface area contributed by atoms with E-state index in [2.05, 4.69) is 5.32 Å². The third-order valence-electron chi connectivity index (χ3n) is 1.34. The Labute approximate surface area is 74.5 Å². The number of halogens is 3. The van der Waals surface area contributed by atoms with Gasteiger partial charge in [-0.05, 0) is 13.0 Å². The summed E-state index contributed by atoms with van der Waals surface area (Å²) < 4.78 is 34.8. The number of alkyl halides is 3. The van der Waals surface area contributed by atoms with Crippen molar-refractivity contribution in [2.75, 3.05) is 13.1 Å². The lowest BCUT2D eigenvalue weighted by molar-refractivity contribution is -0.135. The Bertz CT molecular complexity index is 158. The van der Waals surface area contributed by atoms with Crippen LogP contribution in [0.2, 0.25) is 0 Å². The summed E-state index contributed by atoms with van der Waals surface area (Å²) in [4.78, 5) is 10.8. The van der Waals surface area contributed by atoms with Gasteiger partial charge in [-0.25, -0.2) is 0 Å². The van der Waals surface area contributed by atoms with E-state index in [9.17, 15) is 18.0 Å². The van der Waals surface area contributed by atoms with Crippen molar-refractivity contribution >= 4 is 5.91 Å². The maximum Gasteiger partial charge on any atom is 0.390 e. The van der Waals surface area contributed by atoms with Gasteiger partial charge in [-0.1, -0.05) is 0 Å². The summed E-state index contributed by atoms with van der Waals surface area (Å²) in [6.45, 7) is 0.0135. The molecule has 0 saturated carbocycles. The molecule has 13 heavy (non-hydrogen) atoms. The van der Waals surface area contributed by atoms with Gasteiger partial charge in [-0.2, -0.15) is 13.2 Å². The highest BCUT2D eigenvalue weighted by Crippen LogP contribution is 2.18. The SMILES string of the molecule is NCCCC(=O)NCCC(F)(F)F. The maximum atomic E-state index is 11.6. The van der Waals surface area contributed by atoms with E-state index in [-0.39, 0.29) is 18.9 Å². The van der Waals surface area contributed by atoms with E-state index in [0.717, 1.165) is 0 Å². The molecule has 0 aliphatic rings. The van der Waals surface area contributed by atoms with Crippen LogP contribution in [0.4, 0.5) is 13.2 Å². The molecule has 3 nitrogen and oxygen atoms in total. The van der Waals surface area contributed by atoms with Crippen molar-refractivity contribution in [1.82, 2.24) is 5.32 Å². The third-order valence-corrected chi connectivity index (χ3v) is 1.34. The molecule has 0 saturated heterocycles. The standard InChI is InChI=1S/C7H13F3N2O/c8-7(9,10)3-5-12-6(13)2-1-4-11/h1-5,11H2,(H,12,13). The second-order valence-corrected chi connectivity index (χ2v) is 2.61. The predicted octanol–water partition coefficient (Wildman–Crippen LogP) is 0.794. The molecule has 0 spiro atoms. The fourth-order valence-corrected chi connectivity index (χ4v) is 0.695. The van der Waals surface area contributed by atoms with Crippen molar-refractivity contribution in [2.24, 2.45) is 5.73 Å². The van der Waals surface area contributed by atoms with Crippen molar-refractivity contribution in [3.05, 3.63) is 0 Å². The van der Waals surface area contributed by atoms with Gasteiger partial charge in [-0.15, -0.1) is 0 Å². The zero-order valence-corrected chi connectivity index (χ0v) is 7.16. The van der Waals surface area contributed by atoms with Gasteiger partial charge in [0.15, 0.2) is 0 Å². The Hall–Kier alpha value is -0.780. The first-order chi connectivity index (χ1) is 5.95. The van der Waals surface area contributed by atoms with Crippen LogP contribution in [-0.2, 0) is 4.79 Å². The highest BCUT2D eigenvalue weighted by Gasteiger charge is 2.26. The quantitative estimate of drug-likeness (QED) is 0.686. The van der Waals surface area contributed by atoms with E-state index in [1.54, 1.807) is 0 Å². The molecule has 0 aromatic carbocycles. The molecule has 0 aliphatic carbocycles. The van der Waals surface area contributed by atoms with Gasteiger partial charge in [0.25, 0.3) is 0 Å². The summed E-state index contributed by atoms with van der Waals surface area (Å²) in [5.41, 5.74) is 5.11. The van der Waals surface area contributed by atoms with E-state index in [1.807, 2.05) is 0 Å². The van der Waals surface area contributed by atoms with Gasteiger partial charge in [0.05, 0.1) is 6.42 Å². The monoisotopic (exact) mass is 198 g/mol. The molecule has 0 radical (unpaired) electrons. The Kier molecular flexibility index (Phi) is 5.45. The molecule has 0 aromatic rings. The molecular formula is C7H13F3N2O. The van der Waals surface area contributed by atoms with Crippen molar-refractivity contribution in [1.29, 1.82) is 0 Å². The van der Waals surface area contributed by atoms with Crippen molar-refractivity contribution in [3.8, 4) is 0 Å². The molecular weight excluding hydrogens is 185 g/mol. The number of nitrogens with one attached hydrogen (secondary N) is 1. The van der Waals surface area contributed by atoms with Crippen LogP contribution in [0.3, 0.4) is 0 Å². The smallest absolute Gasteiger partial charge is 0.356 e.